The minimum atomic E-state index is -4.03. The van der Waals surface area contributed by atoms with E-state index in [1.165, 1.54) is 30.3 Å². The molecule has 0 aromatic heterocycles. The molecule has 34 heavy (non-hydrogen) atoms. The summed E-state index contributed by atoms with van der Waals surface area (Å²) < 4.78 is 33.5. The highest BCUT2D eigenvalue weighted by molar-refractivity contribution is 7.92. The fraction of sp³-hybridized carbons (Fsp3) is 0.240. The SMILES string of the molecule is CC(C)c1ccccc1OCCNC(=O)CN(c1ccc(Cl)c(Cl)c1)S(=O)(=O)c1ccccc1. The number of nitrogens with zero attached hydrogens (tertiary/aromatic N) is 1. The molecule has 0 bridgehead atoms. The van der Waals surface area contributed by atoms with Crippen LogP contribution in [0.25, 0.3) is 0 Å². The molecule has 0 radical (unpaired) electrons. The summed E-state index contributed by atoms with van der Waals surface area (Å²) in [5, 5.41) is 3.19. The molecule has 0 aliphatic heterocycles. The van der Waals surface area contributed by atoms with Gasteiger partial charge in [-0.05, 0) is 47.9 Å². The van der Waals surface area contributed by atoms with Crippen LogP contribution in [-0.2, 0) is 14.8 Å². The van der Waals surface area contributed by atoms with Gasteiger partial charge < -0.3 is 10.1 Å². The Kier molecular flexibility index (Phi) is 8.83. The molecule has 0 atom stereocenters. The van der Waals surface area contributed by atoms with Crippen LogP contribution in [0.1, 0.15) is 25.3 Å². The molecule has 0 aliphatic rings. The maximum Gasteiger partial charge on any atom is 0.264 e. The van der Waals surface area contributed by atoms with E-state index in [1.807, 2.05) is 24.3 Å². The molecule has 3 aromatic carbocycles. The first-order valence-corrected chi connectivity index (χ1v) is 12.9. The molecule has 0 saturated carbocycles. The van der Waals surface area contributed by atoms with Crippen molar-refractivity contribution in [1.82, 2.24) is 5.32 Å². The Morgan fingerprint density at radius 2 is 1.65 bits per heavy atom. The highest BCUT2D eigenvalue weighted by Gasteiger charge is 2.27. The molecule has 0 unspecified atom stereocenters. The van der Waals surface area contributed by atoms with Gasteiger partial charge in [0, 0.05) is 0 Å². The van der Waals surface area contributed by atoms with Crippen LogP contribution in [0.3, 0.4) is 0 Å². The van der Waals surface area contributed by atoms with E-state index in [0.29, 0.717) is 5.92 Å². The second kappa shape index (κ2) is 11.6. The van der Waals surface area contributed by atoms with Crippen LogP contribution in [-0.4, -0.2) is 34.0 Å². The van der Waals surface area contributed by atoms with E-state index in [-0.39, 0.29) is 33.8 Å². The zero-order chi connectivity index (χ0) is 24.7. The highest BCUT2D eigenvalue weighted by atomic mass is 35.5. The van der Waals surface area contributed by atoms with Gasteiger partial charge in [-0.25, -0.2) is 8.42 Å². The molecular formula is C25H26Cl2N2O4S. The van der Waals surface area contributed by atoms with Gasteiger partial charge in [0.1, 0.15) is 18.9 Å². The number of nitrogens with one attached hydrogen (secondary N) is 1. The van der Waals surface area contributed by atoms with Gasteiger partial charge in [-0.1, -0.05) is 73.4 Å². The van der Waals surface area contributed by atoms with Gasteiger partial charge >= 0.3 is 0 Å². The van der Waals surface area contributed by atoms with Crippen molar-refractivity contribution in [3.05, 3.63) is 88.4 Å². The van der Waals surface area contributed by atoms with Crippen LogP contribution in [0.15, 0.2) is 77.7 Å². The average molecular weight is 521 g/mol. The number of benzene rings is 3. The second-order valence-electron chi connectivity index (χ2n) is 7.81. The topological polar surface area (TPSA) is 75.7 Å². The van der Waals surface area contributed by atoms with Gasteiger partial charge in [0.2, 0.25) is 5.91 Å². The number of carbonyl (C=O) groups is 1. The summed E-state index contributed by atoms with van der Waals surface area (Å²) in [6.07, 6.45) is 0. The Morgan fingerprint density at radius 3 is 2.32 bits per heavy atom. The summed E-state index contributed by atoms with van der Waals surface area (Å²) in [6.45, 7) is 4.18. The predicted octanol–water partition coefficient (Wildman–Crippen LogP) is 5.51. The number of rotatable bonds is 10. The van der Waals surface area contributed by atoms with E-state index in [0.717, 1.165) is 15.6 Å². The lowest BCUT2D eigenvalue weighted by molar-refractivity contribution is -0.119. The van der Waals surface area contributed by atoms with Gasteiger partial charge in [-0.3, -0.25) is 9.10 Å². The number of sulfonamides is 1. The van der Waals surface area contributed by atoms with Crippen molar-refractivity contribution in [2.75, 3.05) is 24.0 Å². The van der Waals surface area contributed by atoms with Crippen molar-refractivity contribution < 1.29 is 17.9 Å². The van der Waals surface area contributed by atoms with E-state index < -0.39 is 22.5 Å². The van der Waals surface area contributed by atoms with E-state index in [2.05, 4.69) is 19.2 Å². The number of carbonyl (C=O) groups excluding carboxylic acids is 1. The maximum atomic E-state index is 13.3. The maximum absolute atomic E-state index is 13.3. The third-order valence-corrected chi connectivity index (χ3v) is 7.56. The molecule has 0 aliphatic carbocycles. The summed E-state index contributed by atoms with van der Waals surface area (Å²) in [5.74, 6) is 0.580. The van der Waals surface area contributed by atoms with E-state index in [1.54, 1.807) is 18.2 Å². The summed E-state index contributed by atoms with van der Waals surface area (Å²) in [5.41, 5.74) is 1.31. The smallest absolute Gasteiger partial charge is 0.264 e. The van der Waals surface area contributed by atoms with Crippen LogP contribution < -0.4 is 14.4 Å². The molecule has 1 amide bonds. The number of hydrogen-bond acceptors (Lipinski definition) is 4. The van der Waals surface area contributed by atoms with E-state index >= 15 is 0 Å². The monoisotopic (exact) mass is 520 g/mol. The van der Waals surface area contributed by atoms with Crippen LogP contribution >= 0.6 is 23.2 Å². The fourth-order valence-corrected chi connectivity index (χ4v) is 5.03. The largest absolute Gasteiger partial charge is 0.491 e. The molecule has 9 heteroatoms. The molecule has 1 N–H and O–H groups in total. The van der Waals surface area contributed by atoms with Crippen molar-refractivity contribution in [3.8, 4) is 5.75 Å². The average Bonchev–Trinajstić information content (AvgIpc) is 2.83. The van der Waals surface area contributed by atoms with Gasteiger partial charge in [-0.15, -0.1) is 0 Å². The van der Waals surface area contributed by atoms with Gasteiger partial charge in [0.15, 0.2) is 0 Å². The highest BCUT2D eigenvalue weighted by Crippen LogP contribution is 2.30. The van der Waals surface area contributed by atoms with Crippen molar-refractivity contribution in [2.24, 2.45) is 0 Å². The molecule has 3 rings (SSSR count). The summed E-state index contributed by atoms with van der Waals surface area (Å²) in [4.78, 5) is 12.8. The van der Waals surface area contributed by atoms with Crippen molar-refractivity contribution in [3.63, 3.8) is 0 Å². The predicted molar refractivity (Wildman–Crippen MR) is 136 cm³/mol. The summed E-state index contributed by atoms with van der Waals surface area (Å²) >= 11 is 12.1. The minimum absolute atomic E-state index is 0.0579. The number of amides is 1. The number of hydrogen-bond donors (Lipinski definition) is 1. The Balaban J connectivity index is 1.71. The molecule has 0 fully saturated rings. The van der Waals surface area contributed by atoms with E-state index in [4.69, 9.17) is 27.9 Å². The van der Waals surface area contributed by atoms with Crippen LogP contribution in [0.4, 0.5) is 5.69 Å². The lowest BCUT2D eigenvalue weighted by Crippen LogP contribution is -2.42. The summed E-state index contributed by atoms with van der Waals surface area (Å²) in [6, 6.07) is 20.0. The zero-order valence-electron chi connectivity index (χ0n) is 18.9. The lowest BCUT2D eigenvalue weighted by atomic mass is 10.0. The second-order valence-corrected chi connectivity index (χ2v) is 10.5. The number of ether oxygens (including phenoxy) is 1. The molecular weight excluding hydrogens is 495 g/mol. The molecule has 3 aromatic rings. The first-order valence-electron chi connectivity index (χ1n) is 10.7. The van der Waals surface area contributed by atoms with Gasteiger partial charge in [0.25, 0.3) is 10.0 Å². The Labute approximate surface area is 210 Å². The third-order valence-electron chi connectivity index (χ3n) is 5.03. The first-order chi connectivity index (χ1) is 16.2. The fourth-order valence-electron chi connectivity index (χ4n) is 3.30. The van der Waals surface area contributed by atoms with E-state index in [9.17, 15) is 13.2 Å². The molecule has 0 saturated heterocycles. The number of halogens is 2. The normalized spacial score (nSPS) is 11.3. The van der Waals surface area contributed by atoms with Crippen LogP contribution in [0.2, 0.25) is 10.0 Å². The van der Waals surface area contributed by atoms with Crippen LogP contribution in [0, 0.1) is 0 Å². The number of anilines is 1. The Hall–Kier alpha value is -2.74. The van der Waals surface area contributed by atoms with Gasteiger partial charge in [-0.2, -0.15) is 0 Å². The van der Waals surface area contributed by atoms with Crippen molar-refractivity contribution >= 4 is 44.8 Å². The third kappa shape index (κ3) is 6.44. The Morgan fingerprint density at radius 1 is 0.971 bits per heavy atom. The Bertz CT molecular complexity index is 1230. The lowest BCUT2D eigenvalue weighted by Gasteiger charge is -2.24. The van der Waals surface area contributed by atoms with Crippen molar-refractivity contribution in [2.45, 2.75) is 24.7 Å². The molecule has 180 valence electrons. The molecule has 0 spiro atoms. The number of para-hydroxylation sites is 1. The standard InChI is InChI=1S/C25H26Cl2N2O4S/c1-18(2)21-10-6-7-11-24(21)33-15-14-28-25(30)17-29(19-12-13-22(26)23(27)16-19)34(31,32)20-8-4-3-5-9-20/h3-13,16,18H,14-15,17H2,1-2H3,(H,28,30). The minimum Gasteiger partial charge on any atom is -0.491 e. The van der Waals surface area contributed by atoms with Crippen molar-refractivity contribution in [1.29, 1.82) is 0 Å². The zero-order valence-corrected chi connectivity index (χ0v) is 21.2. The molecule has 6 nitrogen and oxygen atoms in total. The quantitative estimate of drug-likeness (QED) is 0.357. The van der Waals surface area contributed by atoms with Crippen LogP contribution in [0.5, 0.6) is 5.75 Å². The van der Waals surface area contributed by atoms with Gasteiger partial charge in [0.05, 0.1) is 27.2 Å². The first kappa shape index (κ1) is 25.9. The summed E-state index contributed by atoms with van der Waals surface area (Å²) in [7, 11) is -4.03. The molecule has 0 heterocycles.